The first kappa shape index (κ1) is 28.9. The molecule has 0 spiro atoms. The maximum atomic E-state index is 15.6. The molecular formula is C30H41FO6Si. The smallest absolute Gasteiger partial charge is 0.311 e. The zero-order valence-corrected chi connectivity index (χ0v) is 24.7. The van der Waals surface area contributed by atoms with E-state index in [1.54, 1.807) is 34.6 Å². The van der Waals surface area contributed by atoms with Gasteiger partial charge in [-0.3, -0.25) is 4.79 Å². The topological polar surface area (TPSA) is 63.2 Å². The van der Waals surface area contributed by atoms with Gasteiger partial charge in [0, 0.05) is 0 Å². The molecule has 2 heterocycles. The van der Waals surface area contributed by atoms with Gasteiger partial charge in [0.1, 0.15) is 18.3 Å². The van der Waals surface area contributed by atoms with E-state index in [2.05, 4.69) is 45.0 Å². The van der Waals surface area contributed by atoms with Gasteiger partial charge in [0.2, 0.25) is 6.36 Å². The molecule has 5 atom stereocenters. The van der Waals surface area contributed by atoms with Crippen LogP contribution < -0.4 is 10.4 Å². The van der Waals surface area contributed by atoms with Crippen molar-refractivity contribution in [1.29, 1.82) is 0 Å². The minimum atomic E-state index is -2.89. The first-order valence-electron chi connectivity index (χ1n) is 13.3. The van der Waals surface area contributed by atoms with E-state index in [0.29, 0.717) is 0 Å². The van der Waals surface area contributed by atoms with E-state index >= 15 is 4.39 Å². The number of fused-ring (bicyclic) bond motifs is 1. The minimum absolute atomic E-state index is 0.0915. The molecule has 0 radical (unpaired) electrons. The second-order valence-electron chi connectivity index (χ2n) is 12.7. The Bertz CT molecular complexity index is 1060. The number of hydrogen-bond donors (Lipinski definition) is 0. The molecule has 0 amide bonds. The van der Waals surface area contributed by atoms with Crippen LogP contribution in [0.25, 0.3) is 0 Å². The van der Waals surface area contributed by atoms with Gasteiger partial charge in [-0.25, -0.2) is 4.39 Å². The normalized spacial score (nSPS) is 27.6. The van der Waals surface area contributed by atoms with Gasteiger partial charge in [0.15, 0.2) is 11.9 Å². The Balaban J connectivity index is 1.67. The molecule has 2 saturated heterocycles. The van der Waals surface area contributed by atoms with Crippen molar-refractivity contribution in [2.75, 3.05) is 6.61 Å². The molecule has 8 heteroatoms. The van der Waals surface area contributed by atoms with Crippen LogP contribution in [0.2, 0.25) is 5.04 Å². The van der Waals surface area contributed by atoms with Gasteiger partial charge in [-0.2, -0.15) is 0 Å². The molecule has 2 fully saturated rings. The van der Waals surface area contributed by atoms with Gasteiger partial charge in [0.05, 0.1) is 12.0 Å². The SMILES string of the molecule is CC1(C)O[C@@H]2[C@H](O1)[C@@H](OC(=O)C(C)(C)C)C(F)O[C@@H]2CO[Si](c1ccccc1)(c1ccccc1)C(C)(C)C. The van der Waals surface area contributed by atoms with Gasteiger partial charge in [-0.15, -0.1) is 0 Å². The van der Waals surface area contributed by atoms with Crippen LogP contribution in [-0.2, 0) is 28.2 Å². The van der Waals surface area contributed by atoms with Crippen LogP contribution in [0.5, 0.6) is 0 Å². The number of alkyl halides is 1. The maximum Gasteiger partial charge on any atom is 0.311 e. The summed E-state index contributed by atoms with van der Waals surface area (Å²) >= 11 is 0. The molecule has 2 aliphatic rings. The fourth-order valence-corrected chi connectivity index (χ4v) is 9.92. The number of esters is 1. The molecule has 1 unspecified atom stereocenters. The van der Waals surface area contributed by atoms with Gasteiger partial charge in [0.25, 0.3) is 8.32 Å². The Kier molecular flexibility index (Phi) is 7.96. The summed E-state index contributed by atoms with van der Waals surface area (Å²) in [7, 11) is -2.89. The summed E-state index contributed by atoms with van der Waals surface area (Å²) in [5, 5.41) is 1.98. The van der Waals surface area contributed by atoms with Crippen LogP contribution in [0.1, 0.15) is 55.4 Å². The van der Waals surface area contributed by atoms with E-state index in [4.69, 9.17) is 23.4 Å². The van der Waals surface area contributed by atoms with Gasteiger partial charge >= 0.3 is 5.97 Å². The summed E-state index contributed by atoms with van der Waals surface area (Å²) in [5.74, 6) is -1.52. The molecular weight excluding hydrogens is 503 g/mol. The standard InChI is InChI=1S/C30H41FO6Si/c1-28(2,3)27(32)35-25-24-23(36-30(7,8)37-24)22(34-26(25)31)19-33-38(29(4,5)6,20-15-11-9-12-16-20)21-17-13-10-14-18-21/h9-18,22-26H,19H2,1-8H3/t22-,23+,24+,25-,26?/m1/s1. The predicted octanol–water partition coefficient (Wildman–Crippen LogP) is 4.74. The van der Waals surface area contributed by atoms with Crippen molar-refractivity contribution in [2.24, 2.45) is 5.41 Å². The molecule has 2 aromatic carbocycles. The fourth-order valence-electron chi connectivity index (χ4n) is 5.35. The summed E-state index contributed by atoms with van der Waals surface area (Å²) in [5.41, 5.74) is -0.798. The van der Waals surface area contributed by atoms with E-state index in [9.17, 15) is 4.79 Å². The van der Waals surface area contributed by atoms with Crippen molar-refractivity contribution in [3.05, 3.63) is 60.7 Å². The van der Waals surface area contributed by atoms with Crippen molar-refractivity contribution in [1.82, 2.24) is 0 Å². The third-order valence-corrected chi connectivity index (χ3v) is 12.2. The number of halogens is 1. The summed E-state index contributed by atoms with van der Waals surface area (Å²) in [4.78, 5) is 12.6. The molecule has 0 aliphatic carbocycles. The zero-order chi connectivity index (χ0) is 27.9. The Morgan fingerprint density at radius 3 is 1.87 bits per heavy atom. The largest absolute Gasteiger partial charge is 0.453 e. The number of ether oxygens (including phenoxy) is 4. The summed E-state index contributed by atoms with van der Waals surface area (Å²) in [6, 6.07) is 20.5. The number of benzene rings is 2. The Hall–Kier alpha value is -2.10. The molecule has 2 aromatic rings. The number of carbonyl (C=O) groups is 1. The monoisotopic (exact) mass is 544 g/mol. The second kappa shape index (κ2) is 10.5. The number of carbonyl (C=O) groups excluding carboxylic acids is 1. The highest BCUT2D eigenvalue weighted by atomic mass is 28.4. The molecule has 4 rings (SSSR count). The van der Waals surface area contributed by atoms with E-state index in [0.717, 1.165) is 10.4 Å². The fraction of sp³-hybridized carbons (Fsp3) is 0.567. The van der Waals surface area contributed by atoms with E-state index in [-0.39, 0.29) is 11.6 Å². The lowest BCUT2D eigenvalue weighted by Gasteiger charge is -2.45. The lowest BCUT2D eigenvalue weighted by Crippen LogP contribution is -2.68. The van der Waals surface area contributed by atoms with Crippen LogP contribution in [0, 0.1) is 5.41 Å². The average Bonchev–Trinajstić information content (AvgIpc) is 3.16. The average molecular weight is 545 g/mol. The molecule has 208 valence electrons. The first-order chi connectivity index (χ1) is 17.7. The number of hydrogen-bond acceptors (Lipinski definition) is 6. The first-order valence-corrected chi connectivity index (χ1v) is 15.2. The highest BCUT2D eigenvalue weighted by Crippen LogP contribution is 2.41. The minimum Gasteiger partial charge on any atom is -0.453 e. The van der Waals surface area contributed by atoms with Crippen molar-refractivity contribution in [3.63, 3.8) is 0 Å². The van der Waals surface area contributed by atoms with Gasteiger partial charge < -0.3 is 23.4 Å². The van der Waals surface area contributed by atoms with E-state index in [1.165, 1.54) is 0 Å². The molecule has 0 aromatic heterocycles. The van der Waals surface area contributed by atoms with Gasteiger partial charge in [-0.05, 0) is 50.0 Å². The number of rotatable bonds is 6. The summed E-state index contributed by atoms with van der Waals surface area (Å²) in [6.45, 7) is 15.3. The summed E-state index contributed by atoms with van der Waals surface area (Å²) in [6.07, 6.45) is -5.38. The zero-order valence-electron chi connectivity index (χ0n) is 23.7. The molecule has 38 heavy (non-hydrogen) atoms. The van der Waals surface area contributed by atoms with E-state index < -0.39 is 56.3 Å². The molecule has 0 saturated carbocycles. The lowest BCUT2D eigenvalue weighted by atomic mass is 9.96. The quantitative estimate of drug-likeness (QED) is 0.387. The van der Waals surface area contributed by atoms with Crippen molar-refractivity contribution in [2.45, 2.75) is 97.0 Å². The summed E-state index contributed by atoms with van der Waals surface area (Å²) < 4.78 is 46.3. The third-order valence-electron chi connectivity index (χ3n) is 7.15. The molecule has 0 bridgehead atoms. The van der Waals surface area contributed by atoms with Crippen molar-refractivity contribution < 1.29 is 32.6 Å². The van der Waals surface area contributed by atoms with Crippen LogP contribution in [0.15, 0.2) is 60.7 Å². The molecule has 6 nitrogen and oxygen atoms in total. The van der Waals surface area contributed by atoms with Crippen LogP contribution in [0.4, 0.5) is 4.39 Å². The Morgan fingerprint density at radius 1 is 0.895 bits per heavy atom. The van der Waals surface area contributed by atoms with Crippen molar-refractivity contribution >= 4 is 24.7 Å². The predicted molar refractivity (Wildman–Crippen MR) is 147 cm³/mol. The Morgan fingerprint density at radius 2 is 1.39 bits per heavy atom. The van der Waals surface area contributed by atoms with Crippen molar-refractivity contribution in [3.8, 4) is 0 Å². The van der Waals surface area contributed by atoms with Crippen LogP contribution in [-0.4, -0.2) is 57.5 Å². The van der Waals surface area contributed by atoms with Crippen LogP contribution in [0.3, 0.4) is 0 Å². The highest BCUT2D eigenvalue weighted by Gasteiger charge is 2.59. The van der Waals surface area contributed by atoms with Gasteiger partial charge in [-0.1, -0.05) is 81.4 Å². The second-order valence-corrected chi connectivity index (χ2v) is 17.0. The molecule has 2 aliphatic heterocycles. The molecule has 0 N–H and O–H groups in total. The third kappa shape index (κ3) is 5.61. The lowest BCUT2D eigenvalue weighted by molar-refractivity contribution is -0.247. The highest BCUT2D eigenvalue weighted by molar-refractivity contribution is 6.99. The Labute approximate surface area is 226 Å². The van der Waals surface area contributed by atoms with Crippen LogP contribution >= 0.6 is 0 Å². The maximum absolute atomic E-state index is 15.6. The van der Waals surface area contributed by atoms with E-state index in [1.807, 2.05) is 36.4 Å².